The monoisotopic (exact) mass is 503 g/mol. The normalized spacial score (nSPS) is 22.6. The SMILES string of the molecule is CNc1ncnc2c1[nH]c1nc(Oc3cnc(C)nc3)nc(C3CC4C(C3)C4NC(=O)OC(C)(C)C)c12. The van der Waals surface area contributed by atoms with E-state index in [0.717, 1.165) is 35.0 Å². The molecular weight excluding hydrogens is 474 g/mol. The number of nitrogens with zero attached hydrogens (tertiary/aromatic N) is 6. The number of alkyl carbamates (subject to hydrolysis) is 1. The van der Waals surface area contributed by atoms with Crippen LogP contribution in [0.4, 0.5) is 10.6 Å². The van der Waals surface area contributed by atoms with Crippen molar-refractivity contribution in [1.29, 1.82) is 0 Å². The van der Waals surface area contributed by atoms with Gasteiger partial charge in [0.1, 0.15) is 34.4 Å². The van der Waals surface area contributed by atoms with Crippen LogP contribution in [0.2, 0.25) is 0 Å². The first-order chi connectivity index (χ1) is 17.7. The van der Waals surface area contributed by atoms with Gasteiger partial charge in [-0.15, -0.1) is 0 Å². The lowest BCUT2D eigenvalue weighted by molar-refractivity contribution is 0.0516. The number of rotatable bonds is 5. The Hall–Kier alpha value is -4.09. The number of aromatic amines is 1. The molecule has 4 aromatic heterocycles. The Kier molecular flexibility index (Phi) is 5.35. The summed E-state index contributed by atoms with van der Waals surface area (Å²) in [6.07, 6.45) is 6.15. The molecule has 0 bridgehead atoms. The second-order valence-corrected chi connectivity index (χ2v) is 10.7. The van der Waals surface area contributed by atoms with E-state index in [4.69, 9.17) is 14.5 Å². The Morgan fingerprint density at radius 3 is 2.49 bits per heavy atom. The zero-order valence-electron chi connectivity index (χ0n) is 21.4. The molecule has 0 saturated heterocycles. The number of carbonyl (C=O) groups is 1. The maximum atomic E-state index is 12.3. The van der Waals surface area contributed by atoms with Gasteiger partial charge >= 0.3 is 12.1 Å². The van der Waals surface area contributed by atoms with Gasteiger partial charge in [-0.25, -0.2) is 24.7 Å². The summed E-state index contributed by atoms with van der Waals surface area (Å²) in [5.41, 5.74) is 2.51. The molecule has 2 unspecified atom stereocenters. The molecule has 4 heterocycles. The average Bonchev–Trinajstić information content (AvgIpc) is 3.18. The molecule has 0 aliphatic heterocycles. The van der Waals surface area contributed by atoms with Gasteiger partial charge in [0.15, 0.2) is 11.6 Å². The summed E-state index contributed by atoms with van der Waals surface area (Å²) in [4.78, 5) is 42.4. The Morgan fingerprint density at radius 2 is 1.81 bits per heavy atom. The van der Waals surface area contributed by atoms with Gasteiger partial charge in [0, 0.05) is 19.0 Å². The third-order valence-corrected chi connectivity index (χ3v) is 6.96. The fourth-order valence-electron chi connectivity index (χ4n) is 5.38. The van der Waals surface area contributed by atoms with E-state index >= 15 is 0 Å². The maximum Gasteiger partial charge on any atom is 0.407 e. The first-order valence-corrected chi connectivity index (χ1v) is 12.4. The fraction of sp³-hybridized carbons (Fsp3) is 0.480. The van der Waals surface area contributed by atoms with Crippen LogP contribution >= 0.6 is 0 Å². The van der Waals surface area contributed by atoms with E-state index in [9.17, 15) is 4.79 Å². The molecule has 4 aromatic rings. The van der Waals surface area contributed by atoms with Crippen LogP contribution < -0.4 is 15.4 Å². The molecule has 37 heavy (non-hydrogen) atoms. The molecule has 1 amide bonds. The van der Waals surface area contributed by atoms with E-state index in [1.54, 1.807) is 12.4 Å². The number of aryl methyl sites for hydroxylation is 1. The topological polar surface area (TPSA) is 153 Å². The highest BCUT2D eigenvalue weighted by Gasteiger charge is 2.57. The van der Waals surface area contributed by atoms with Crippen molar-refractivity contribution in [2.75, 3.05) is 12.4 Å². The van der Waals surface area contributed by atoms with Crippen molar-refractivity contribution in [3.8, 4) is 11.8 Å². The molecule has 0 aromatic carbocycles. The number of H-pyrrole nitrogens is 1. The quantitative estimate of drug-likeness (QED) is 0.366. The summed E-state index contributed by atoms with van der Waals surface area (Å²) >= 11 is 0. The van der Waals surface area contributed by atoms with Gasteiger partial charge in [0.25, 0.3) is 0 Å². The van der Waals surface area contributed by atoms with Crippen LogP contribution in [0.25, 0.3) is 22.1 Å². The molecule has 2 atom stereocenters. The van der Waals surface area contributed by atoms with Gasteiger partial charge < -0.3 is 25.1 Å². The van der Waals surface area contributed by atoms with Crippen LogP contribution in [0.1, 0.15) is 51.0 Å². The first-order valence-electron chi connectivity index (χ1n) is 12.4. The molecule has 12 heteroatoms. The third-order valence-electron chi connectivity index (χ3n) is 6.96. The molecule has 0 radical (unpaired) electrons. The summed E-state index contributed by atoms with van der Waals surface area (Å²) in [5, 5.41) is 7.01. The minimum atomic E-state index is -0.522. The van der Waals surface area contributed by atoms with Gasteiger partial charge in [0.2, 0.25) is 0 Å². The molecular formula is C25H29N9O3. The first kappa shape index (κ1) is 23.3. The van der Waals surface area contributed by atoms with Crippen molar-refractivity contribution in [3.05, 3.63) is 30.2 Å². The van der Waals surface area contributed by atoms with E-state index in [1.165, 1.54) is 6.33 Å². The number of aromatic nitrogens is 7. The van der Waals surface area contributed by atoms with Crippen LogP contribution in [-0.2, 0) is 4.74 Å². The molecule has 2 aliphatic carbocycles. The number of fused-ring (bicyclic) bond motifs is 4. The zero-order chi connectivity index (χ0) is 25.9. The third kappa shape index (κ3) is 4.36. The highest BCUT2D eigenvalue weighted by Crippen LogP contribution is 2.58. The van der Waals surface area contributed by atoms with Gasteiger partial charge in [-0.05, 0) is 52.4 Å². The summed E-state index contributed by atoms with van der Waals surface area (Å²) in [7, 11) is 1.81. The van der Waals surface area contributed by atoms with Crippen LogP contribution in [0.5, 0.6) is 11.8 Å². The van der Waals surface area contributed by atoms with Crippen LogP contribution in [0.15, 0.2) is 18.7 Å². The van der Waals surface area contributed by atoms with Crippen LogP contribution in [0.3, 0.4) is 0 Å². The standard InChI is InChI=1S/C25H29N9O3/c1-11-27-8-13(9-28-11)36-23-32-17(16-19-20(31-21(16)34-23)22(26-5)30-10-29-19)12-6-14-15(7-12)18(14)33-24(35)37-25(2,3)4/h8-10,12,14-15,18H,6-7H2,1-5H3,(H,33,35)(H,26,29,30)(H,31,32,34). The predicted molar refractivity (Wildman–Crippen MR) is 135 cm³/mol. The van der Waals surface area contributed by atoms with Crippen molar-refractivity contribution in [1.82, 2.24) is 40.2 Å². The van der Waals surface area contributed by atoms with E-state index in [0.29, 0.717) is 34.9 Å². The summed E-state index contributed by atoms with van der Waals surface area (Å²) < 4.78 is 11.4. The molecule has 2 saturated carbocycles. The number of nitrogens with one attached hydrogen (secondary N) is 3. The molecule has 2 fully saturated rings. The number of ether oxygens (including phenoxy) is 2. The van der Waals surface area contributed by atoms with Crippen molar-refractivity contribution in [2.24, 2.45) is 11.8 Å². The number of hydrogen-bond acceptors (Lipinski definition) is 10. The van der Waals surface area contributed by atoms with Crippen molar-refractivity contribution in [3.63, 3.8) is 0 Å². The summed E-state index contributed by atoms with van der Waals surface area (Å²) in [6.45, 7) is 7.40. The average molecular weight is 504 g/mol. The molecule has 12 nitrogen and oxygen atoms in total. The lowest BCUT2D eigenvalue weighted by Crippen LogP contribution is -2.35. The minimum Gasteiger partial charge on any atom is -0.444 e. The summed E-state index contributed by atoms with van der Waals surface area (Å²) in [5.74, 6) is 2.71. The van der Waals surface area contributed by atoms with E-state index in [-0.39, 0.29) is 24.1 Å². The largest absolute Gasteiger partial charge is 0.444 e. The second-order valence-electron chi connectivity index (χ2n) is 10.7. The van der Waals surface area contributed by atoms with E-state index in [1.807, 2.05) is 34.7 Å². The van der Waals surface area contributed by atoms with Crippen LogP contribution in [-0.4, -0.2) is 59.7 Å². The lowest BCUT2D eigenvalue weighted by Gasteiger charge is -2.21. The Balaban J connectivity index is 1.32. The Labute approximate surface area is 213 Å². The van der Waals surface area contributed by atoms with Gasteiger partial charge in [-0.2, -0.15) is 9.97 Å². The second kappa shape index (κ2) is 8.49. The molecule has 3 N–H and O–H groups in total. The molecule has 0 spiro atoms. The van der Waals surface area contributed by atoms with Crippen molar-refractivity contribution < 1.29 is 14.3 Å². The number of amides is 1. The number of carbonyl (C=O) groups excluding carboxylic acids is 1. The minimum absolute atomic E-state index is 0.130. The molecule has 192 valence electrons. The van der Waals surface area contributed by atoms with Gasteiger partial charge in [-0.3, -0.25) is 0 Å². The number of anilines is 1. The Morgan fingerprint density at radius 1 is 1.08 bits per heavy atom. The fourth-order valence-corrected chi connectivity index (χ4v) is 5.38. The smallest absolute Gasteiger partial charge is 0.407 e. The number of hydrogen-bond donors (Lipinski definition) is 3. The molecule has 2 aliphatic rings. The van der Waals surface area contributed by atoms with E-state index in [2.05, 4.69) is 40.5 Å². The van der Waals surface area contributed by atoms with Crippen LogP contribution in [0, 0.1) is 18.8 Å². The predicted octanol–water partition coefficient (Wildman–Crippen LogP) is 3.85. The highest BCUT2D eigenvalue weighted by atomic mass is 16.6. The maximum absolute atomic E-state index is 12.3. The van der Waals surface area contributed by atoms with Gasteiger partial charge in [-0.1, -0.05) is 0 Å². The zero-order valence-corrected chi connectivity index (χ0v) is 21.4. The van der Waals surface area contributed by atoms with Crippen molar-refractivity contribution in [2.45, 2.75) is 58.1 Å². The summed E-state index contributed by atoms with van der Waals surface area (Å²) in [6, 6.07) is 0.342. The highest BCUT2D eigenvalue weighted by molar-refractivity contribution is 6.08. The Bertz CT molecular complexity index is 1480. The lowest BCUT2D eigenvalue weighted by atomic mass is 9.96. The molecule has 6 rings (SSSR count). The van der Waals surface area contributed by atoms with E-state index < -0.39 is 5.60 Å². The van der Waals surface area contributed by atoms with Crippen molar-refractivity contribution >= 4 is 34.0 Å². The van der Waals surface area contributed by atoms with Gasteiger partial charge in [0.05, 0.1) is 23.5 Å².